The van der Waals surface area contributed by atoms with E-state index in [0.717, 1.165) is 24.2 Å². The molecule has 94 valence electrons. The van der Waals surface area contributed by atoms with Crippen molar-refractivity contribution >= 4 is 18.4 Å². The molecule has 18 heavy (non-hydrogen) atoms. The number of rotatable bonds is 4. The number of H-pyrrole nitrogens is 1. The molecule has 0 spiro atoms. The first kappa shape index (κ1) is 12.7. The Morgan fingerprint density at radius 1 is 1.50 bits per heavy atom. The van der Waals surface area contributed by atoms with E-state index in [1.54, 1.807) is 10.9 Å². The molecule has 4 nitrogen and oxygen atoms in total. The summed E-state index contributed by atoms with van der Waals surface area (Å²) in [6.45, 7) is 4.16. The molecule has 0 radical (unpaired) electrons. The van der Waals surface area contributed by atoms with Gasteiger partial charge in [0.15, 0.2) is 5.82 Å². The molecule has 0 fully saturated rings. The summed E-state index contributed by atoms with van der Waals surface area (Å²) < 4.78 is 2.21. The molecule has 2 rings (SSSR count). The van der Waals surface area contributed by atoms with Crippen LogP contribution in [0.15, 0.2) is 29.4 Å². The monoisotopic (exact) mass is 260 g/mol. The van der Waals surface area contributed by atoms with Gasteiger partial charge in [-0.15, -0.1) is 0 Å². The quantitative estimate of drug-likeness (QED) is 0.678. The minimum atomic E-state index is 0.530. The van der Waals surface area contributed by atoms with E-state index in [1.807, 2.05) is 12.1 Å². The largest absolute Gasteiger partial charge is 0.250 e. The van der Waals surface area contributed by atoms with Crippen molar-refractivity contribution in [1.82, 2.24) is 14.9 Å². The number of aromatic amines is 1. The molecular formula is C13H16N4S. The van der Waals surface area contributed by atoms with E-state index in [-0.39, 0.29) is 0 Å². The standard InChI is InChI=1S/C13H16N4S/c1-3-5-12-15-16-13(18)17(12)14-9-11-7-4-6-10(2)8-11/h4,6-9H,3,5H2,1-2H3,(H,16,18)/b14-9-. The summed E-state index contributed by atoms with van der Waals surface area (Å²) in [6.07, 6.45) is 3.68. The highest BCUT2D eigenvalue weighted by Crippen LogP contribution is 2.04. The van der Waals surface area contributed by atoms with Crippen molar-refractivity contribution in [3.63, 3.8) is 0 Å². The van der Waals surface area contributed by atoms with Crippen molar-refractivity contribution in [1.29, 1.82) is 0 Å². The molecule has 0 bridgehead atoms. The van der Waals surface area contributed by atoms with Gasteiger partial charge in [-0.1, -0.05) is 36.8 Å². The first-order chi connectivity index (χ1) is 8.70. The highest BCUT2D eigenvalue weighted by molar-refractivity contribution is 7.71. The summed E-state index contributed by atoms with van der Waals surface area (Å²) in [7, 11) is 0. The second-order valence-electron chi connectivity index (χ2n) is 4.17. The number of aromatic nitrogens is 3. The van der Waals surface area contributed by atoms with E-state index in [9.17, 15) is 0 Å². The van der Waals surface area contributed by atoms with Gasteiger partial charge < -0.3 is 0 Å². The predicted molar refractivity (Wildman–Crippen MR) is 75.6 cm³/mol. The lowest BCUT2D eigenvalue weighted by Gasteiger charge is -1.99. The molecule has 0 amide bonds. The summed E-state index contributed by atoms with van der Waals surface area (Å²) in [4.78, 5) is 0. The van der Waals surface area contributed by atoms with Crippen LogP contribution >= 0.6 is 12.2 Å². The molecule has 0 aliphatic rings. The summed E-state index contributed by atoms with van der Waals surface area (Å²) in [6, 6.07) is 8.16. The molecule has 0 saturated carbocycles. The molecule has 0 unspecified atom stereocenters. The minimum absolute atomic E-state index is 0.530. The van der Waals surface area contributed by atoms with Crippen LogP contribution in [-0.4, -0.2) is 21.1 Å². The highest BCUT2D eigenvalue weighted by Gasteiger charge is 2.02. The van der Waals surface area contributed by atoms with Crippen LogP contribution in [0.5, 0.6) is 0 Å². The Balaban J connectivity index is 2.28. The number of nitrogens with zero attached hydrogens (tertiary/aromatic N) is 3. The Hall–Kier alpha value is -1.75. The lowest BCUT2D eigenvalue weighted by Crippen LogP contribution is -1.98. The topological polar surface area (TPSA) is 46.0 Å². The Morgan fingerprint density at radius 3 is 3.06 bits per heavy atom. The fourth-order valence-electron chi connectivity index (χ4n) is 1.70. The van der Waals surface area contributed by atoms with Crippen molar-refractivity contribution in [3.05, 3.63) is 46.0 Å². The molecule has 2 aromatic rings. The van der Waals surface area contributed by atoms with Crippen molar-refractivity contribution in [2.75, 3.05) is 0 Å². The van der Waals surface area contributed by atoms with E-state index in [2.05, 4.69) is 41.3 Å². The molecular weight excluding hydrogens is 244 g/mol. The Morgan fingerprint density at radius 2 is 2.33 bits per heavy atom. The third-order valence-corrected chi connectivity index (χ3v) is 2.82. The lowest BCUT2D eigenvalue weighted by molar-refractivity contribution is 0.740. The number of hydrogen-bond acceptors (Lipinski definition) is 3. The van der Waals surface area contributed by atoms with Gasteiger partial charge in [-0.25, -0.2) is 0 Å². The van der Waals surface area contributed by atoms with Gasteiger partial charge in [0.25, 0.3) is 0 Å². The van der Waals surface area contributed by atoms with Gasteiger partial charge in [-0.05, 0) is 31.1 Å². The molecule has 0 atom stereocenters. The van der Waals surface area contributed by atoms with Crippen LogP contribution < -0.4 is 0 Å². The van der Waals surface area contributed by atoms with E-state index in [1.165, 1.54) is 5.56 Å². The molecule has 0 aliphatic heterocycles. The van der Waals surface area contributed by atoms with E-state index in [0.29, 0.717) is 4.77 Å². The first-order valence-electron chi connectivity index (χ1n) is 5.98. The Labute approximate surface area is 111 Å². The number of aryl methyl sites for hydroxylation is 2. The van der Waals surface area contributed by atoms with Crippen LogP contribution in [0.1, 0.15) is 30.3 Å². The highest BCUT2D eigenvalue weighted by atomic mass is 32.1. The maximum absolute atomic E-state index is 5.16. The predicted octanol–water partition coefficient (Wildman–Crippen LogP) is 3.08. The summed E-state index contributed by atoms with van der Waals surface area (Å²) in [5.74, 6) is 0.867. The fraction of sp³-hybridized carbons (Fsp3) is 0.308. The average Bonchev–Trinajstić information content (AvgIpc) is 2.69. The third kappa shape index (κ3) is 2.92. The molecule has 0 saturated heterocycles. The zero-order valence-electron chi connectivity index (χ0n) is 10.6. The zero-order valence-corrected chi connectivity index (χ0v) is 11.4. The van der Waals surface area contributed by atoms with Crippen molar-refractivity contribution in [2.45, 2.75) is 26.7 Å². The van der Waals surface area contributed by atoms with Gasteiger partial charge in [0.05, 0.1) is 6.21 Å². The molecule has 1 heterocycles. The Bertz CT molecular complexity index is 609. The summed E-state index contributed by atoms with van der Waals surface area (Å²) >= 11 is 5.16. The van der Waals surface area contributed by atoms with Crippen LogP contribution in [0, 0.1) is 11.7 Å². The lowest BCUT2D eigenvalue weighted by atomic mass is 10.2. The van der Waals surface area contributed by atoms with Crippen molar-refractivity contribution < 1.29 is 0 Å². The molecule has 1 aromatic heterocycles. The maximum atomic E-state index is 5.16. The van der Waals surface area contributed by atoms with Gasteiger partial charge in [0.2, 0.25) is 4.77 Å². The van der Waals surface area contributed by atoms with Crippen LogP contribution in [0.2, 0.25) is 0 Å². The third-order valence-electron chi connectivity index (χ3n) is 2.56. The second kappa shape index (κ2) is 5.73. The van der Waals surface area contributed by atoms with Crippen LogP contribution in [0.3, 0.4) is 0 Å². The summed E-state index contributed by atoms with van der Waals surface area (Å²) in [5.41, 5.74) is 2.27. The SMILES string of the molecule is CCCc1n[nH]c(=S)n1/N=C\c1cccc(C)c1. The fourth-order valence-corrected chi connectivity index (χ4v) is 1.90. The van der Waals surface area contributed by atoms with Crippen LogP contribution in [-0.2, 0) is 6.42 Å². The van der Waals surface area contributed by atoms with Crippen LogP contribution in [0.4, 0.5) is 0 Å². The van der Waals surface area contributed by atoms with Gasteiger partial charge >= 0.3 is 0 Å². The van der Waals surface area contributed by atoms with E-state index >= 15 is 0 Å². The maximum Gasteiger partial charge on any atom is 0.216 e. The minimum Gasteiger partial charge on any atom is -0.250 e. The zero-order chi connectivity index (χ0) is 13.0. The molecule has 1 N–H and O–H groups in total. The van der Waals surface area contributed by atoms with Gasteiger partial charge in [0.1, 0.15) is 0 Å². The van der Waals surface area contributed by atoms with Crippen LogP contribution in [0.25, 0.3) is 0 Å². The smallest absolute Gasteiger partial charge is 0.216 e. The molecule has 1 aromatic carbocycles. The number of benzene rings is 1. The van der Waals surface area contributed by atoms with Gasteiger partial charge in [0, 0.05) is 6.42 Å². The molecule has 0 aliphatic carbocycles. The normalized spacial score (nSPS) is 11.2. The average molecular weight is 260 g/mol. The Kier molecular flexibility index (Phi) is 4.04. The number of hydrogen-bond donors (Lipinski definition) is 1. The van der Waals surface area contributed by atoms with E-state index < -0.39 is 0 Å². The number of nitrogens with one attached hydrogen (secondary N) is 1. The second-order valence-corrected chi connectivity index (χ2v) is 4.55. The van der Waals surface area contributed by atoms with E-state index in [4.69, 9.17) is 12.2 Å². The summed E-state index contributed by atoms with van der Waals surface area (Å²) in [5, 5.41) is 11.3. The van der Waals surface area contributed by atoms with Crippen molar-refractivity contribution in [2.24, 2.45) is 5.10 Å². The van der Waals surface area contributed by atoms with Gasteiger partial charge in [-0.2, -0.15) is 14.9 Å². The first-order valence-corrected chi connectivity index (χ1v) is 6.39. The van der Waals surface area contributed by atoms with Gasteiger partial charge in [-0.3, -0.25) is 5.10 Å². The molecule has 5 heteroatoms. The van der Waals surface area contributed by atoms with Crippen molar-refractivity contribution in [3.8, 4) is 0 Å².